The highest BCUT2D eigenvalue weighted by Gasteiger charge is 2.22. The first kappa shape index (κ1) is 21.9. The van der Waals surface area contributed by atoms with Gasteiger partial charge in [-0.25, -0.2) is 0 Å². The van der Waals surface area contributed by atoms with Gasteiger partial charge in [0.05, 0.1) is 6.04 Å². The molecule has 0 bridgehead atoms. The molecule has 1 amide bonds. The molecule has 0 unspecified atom stereocenters. The maximum Gasteiger partial charge on any atom is 0.220 e. The predicted molar refractivity (Wildman–Crippen MR) is 127 cm³/mol. The second kappa shape index (κ2) is 10.9. The summed E-state index contributed by atoms with van der Waals surface area (Å²) in [4.78, 5) is 12.9. The van der Waals surface area contributed by atoms with Crippen molar-refractivity contribution in [3.63, 3.8) is 0 Å². The minimum absolute atomic E-state index is 0.0730. The highest BCUT2D eigenvalue weighted by molar-refractivity contribution is 5.77. The average Bonchev–Trinajstić information content (AvgIpc) is 2.85. The maximum atomic E-state index is 12.9. The summed E-state index contributed by atoms with van der Waals surface area (Å²) >= 11 is 0. The highest BCUT2D eigenvalue weighted by Crippen LogP contribution is 2.37. The molecule has 3 aromatic rings. The molecule has 4 heteroatoms. The van der Waals surface area contributed by atoms with Crippen LogP contribution in [0.1, 0.15) is 48.1 Å². The smallest absolute Gasteiger partial charge is 0.220 e. The molecule has 0 radical (unpaired) electrons. The van der Waals surface area contributed by atoms with E-state index in [1.54, 1.807) is 0 Å². The van der Waals surface area contributed by atoms with E-state index in [9.17, 15) is 4.79 Å². The van der Waals surface area contributed by atoms with Crippen LogP contribution in [-0.4, -0.2) is 19.1 Å². The maximum absolute atomic E-state index is 12.9. The molecule has 166 valence electrons. The van der Waals surface area contributed by atoms with Crippen LogP contribution in [0.15, 0.2) is 72.8 Å². The number of carbonyl (C=O) groups is 1. The molecular weight excluding hydrogens is 398 g/mol. The third-order valence-corrected chi connectivity index (χ3v) is 5.94. The van der Waals surface area contributed by atoms with E-state index in [0.717, 1.165) is 42.7 Å². The number of aryl methyl sites for hydroxylation is 3. The number of amides is 1. The number of benzene rings is 3. The van der Waals surface area contributed by atoms with Crippen LogP contribution in [0.3, 0.4) is 0 Å². The molecule has 0 saturated heterocycles. The number of nitrogens with one attached hydrogen (secondary N) is 1. The molecule has 0 spiro atoms. The Morgan fingerprint density at radius 3 is 2.09 bits per heavy atom. The van der Waals surface area contributed by atoms with Crippen molar-refractivity contribution < 1.29 is 14.3 Å². The highest BCUT2D eigenvalue weighted by atomic mass is 16.6. The van der Waals surface area contributed by atoms with Gasteiger partial charge in [0, 0.05) is 6.42 Å². The zero-order valence-corrected chi connectivity index (χ0v) is 18.7. The molecule has 0 saturated carbocycles. The van der Waals surface area contributed by atoms with E-state index in [0.29, 0.717) is 19.6 Å². The Hall–Kier alpha value is -3.27. The van der Waals surface area contributed by atoms with Crippen LogP contribution in [0.2, 0.25) is 0 Å². The van der Waals surface area contributed by atoms with Crippen molar-refractivity contribution in [2.45, 2.75) is 45.1 Å². The van der Waals surface area contributed by atoms with E-state index in [1.807, 2.05) is 24.3 Å². The fourth-order valence-electron chi connectivity index (χ4n) is 4.21. The summed E-state index contributed by atoms with van der Waals surface area (Å²) in [6, 6.07) is 24.6. The predicted octanol–water partition coefficient (Wildman–Crippen LogP) is 5.44. The fourth-order valence-corrected chi connectivity index (χ4v) is 4.21. The summed E-state index contributed by atoms with van der Waals surface area (Å²) in [6.07, 6.45) is 3.79. The second-order valence-corrected chi connectivity index (χ2v) is 8.18. The number of hydrogen-bond donors (Lipinski definition) is 1. The van der Waals surface area contributed by atoms with Crippen LogP contribution < -0.4 is 14.8 Å². The minimum Gasteiger partial charge on any atom is -0.486 e. The van der Waals surface area contributed by atoms with E-state index in [-0.39, 0.29) is 11.9 Å². The molecule has 1 heterocycles. The average molecular weight is 430 g/mol. The molecule has 0 aliphatic carbocycles. The van der Waals surface area contributed by atoms with E-state index in [4.69, 9.17) is 9.47 Å². The van der Waals surface area contributed by atoms with Crippen LogP contribution in [0.25, 0.3) is 0 Å². The Morgan fingerprint density at radius 2 is 1.47 bits per heavy atom. The van der Waals surface area contributed by atoms with Gasteiger partial charge in [-0.3, -0.25) is 4.79 Å². The minimum atomic E-state index is -0.0794. The van der Waals surface area contributed by atoms with Crippen LogP contribution in [0, 0.1) is 0 Å². The monoisotopic (exact) mass is 429 g/mol. The van der Waals surface area contributed by atoms with E-state index in [1.165, 1.54) is 16.7 Å². The lowest BCUT2D eigenvalue weighted by Gasteiger charge is -2.26. The first-order valence-corrected chi connectivity index (χ1v) is 11.5. The molecule has 4 nitrogen and oxygen atoms in total. The lowest BCUT2D eigenvalue weighted by atomic mass is 9.92. The number of fused-ring (bicyclic) bond motifs is 1. The number of carbonyl (C=O) groups excluding carboxylic acids is 1. The van der Waals surface area contributed by atoms with Gasteiger partial charge in [-0.15, -0.1) is 0 Å². The van der Waals surface area contributed by atoms with Crippen molar-refractivity contribution in [2.24, 2.45) is 0 Å². The number of hydrogen-bond acceptors (Lipinski definition) is 3. The van der Waals surface area contributed by atoms with Gasteiger partial charge in [0.25, 0.3) is 0 Å². The van der Waals surface area contributed by atoms with Crippen molar-refractivity contribution in [3.8, 4) is 11.5 Å². The Morgan fingerprint density at radius 1 is 0.875 bits per heavy atom. The summed E-state index contributed by atoms with van der Waals surface area (Å²) in [7, 11) is 0. The second-order valence-electron chi connectivity index (χ2n) is 8.18. The lowest BCUT2D eigenvalue weighted by Crippen LogP contribution is -2.30. The van der Waals surface area contributed by atoms with Crippen molar-refractivity contribution in [2.75, 3.05) is 13.2 Å². The third kappa shape index (κ3) is 5.70. The Labute approximate surface area is 190 Å². The van der Waals surface area contributed by atoms with Gasteiger partial charge in [0.15, 0.2) is 11.5 Å². The fraction of sp³-hybridized carbons (Fsp3) is 0.321. The van der Waals surface area contributed by atoms with Gasteiger partial charge in [0.2, 0.25) is 5.91 Å². The first-order chi connectivity index (χ1) is 15.7. The van der Waals surface area contributed by atoms with Crippen LogP contribution in [0.4, 0.5) is 0 Å². The van der Waals surface area contributed by atoms with Crippen molar-refractivity contribution in [1.82, 2.24) is 5.32 Å². The lowest BCUT2D eigenvalue weighted by molar-refractivity contribution is -0.121. The van der Waals surface area contributed by atoms with Gasteiger partial charge in [0.1, 0.15) is 13.2 Å². The molecular formula is C28H31NO3. The number of ether oxygens (including phenoxy) is 2. The van der Waals surface area contributed by atoms with Gasteiger partial charge in [-0.2, -0.15) is 0 Å². The SMILES string of the molecule is CCc1cc2c(cc1[C@@H](CCc1ccccc1)NC(=O)CCc1ccccc1)OCCO2. The molecule has 0 aromatic heterocycles. The molecule has 0 fully saturated rings. The summed E-state index contributed by atoms with van der Waals surface area (Å²) in [5, 5.41) is 3.32. The topological polar surface area (TPSA) is 47.6 Å². The Kier molecular flexibility index (Phi) is 7.44. The van der Waals surface area contributed by atoms with Gasteiger partial charge in [-0.05, 0) is 60.1 Å². The summed E-state index contributed by atoms with van der Waals surface area (Å²) in [5.74, 6) is 1.64. The molecule has 1 N–H and O–H groups in total. The first-order valence-electron chi connectivity index (χ1n) is 11.5. The molecule has 1 aliphatic rings. The van der Waals surface area contributed by atoms with Crippen LogP contribution in [0.5, 0.6) is 11.5 Å². The zero-order valence-electron chi connectivity index (χ0n) is 18.7. The Bertz CT molecular complexity index is 1020. The molecule has 3 aromatic carbocycles. The number of rotatable bonds is 9. The quantitative estimate of drug-likeness (QED) is 0.492. The van der Waals surface area contributed by atoms with Crippen molar-refractivity contribution in [3.05, 3.63) is 95.1 Å². The molecule has 1 aliphatic heterocycles. The zero-order chi connectivity index (χ0) is 22.2. The molecule has 4 rings (SSSR count). The standard InChI is InChI=1S/C28H31NO3/c1-2-23-19-26-27(32-18-17-31-26)20-24(23)25(15-13-21-9-5-3-6-10-21)29-28(30)16-14-22-11-7-4-8-12-22/h3-12,19-20,25H,2,13-18H2,1H3,(H,29,30)/t25-/m1/s1. The van der Waals surface area contributed by atoms with E-state index in [2.05, 4.69) is 60.8 Å². The van der Waals surface area contributed by atoms with Crippen molar-refractivity contribution >= 4 is 5.91 Å². The third-order valence-electron chi connectivity index (χ3n) is 5.94. The van der Waals surface area contributed by atoms with Crippen LogP contribution >= 0.6 is 0 Å². The summed E-state index contributed by atoms with van der Waals surface area (Å²) < 4.78 is 11.6. The summed E-state index contributed by atoms with van der Waals surface area (Å²) in [5.41, 5.74) is 4.76. The Balaban J connectivity index is 1.53. The molecule has 1 atom stereocenters. The van der Waals surface area contributed by atoms with Gasteiger partial charge >= 0.3 is 0 Å². The van der Waals surface area contributed by atoms with E-state index < -0.39 is 0 Å². The van der Waals surface area contributed by atoms with Gasteiger partial charge in [-0.1, -0.05) is 67.6 Å². The molecule has 32 heavy (non-hydrogen) atoms. The van der Waals surface area contributed by atoms with Gasteiger partial charge < -0.3 is 14.8 Å². The van der Waals surface area contributed by atoms with E-state index >= 15 is 0 Å². The largest absolute Gasteiger partial charge is 0.486 e. The summed E-state index contributed by atoms with van der Waals surface area (Å²) in [6.45, 7) is 3.26. The normalized spacial score (nSPS) is 13.4. The van der Waals surface area contributed by atoms with Crippen LogP contribution in [-0.2, 0) is 24.1 Å². The van der Waals surface area contributed by atoms with Crippen molar-refractivity contribution in [1.29, 1.82) is 0 Å².